The molecule has 1 aromatic carbocycles. The predicted molar refractivity (Wildman–Crippen MR) is 80.3 cm³/mol. The number of carbonyl (C=O) groups excluding carboxylic acids is 3. The molecule has 3 rings (SSSR count). The molecule has 3 amide bonds. The maximum Gasteiger partial charge on any atom is 0.271 e. The molecule has 1 aliphatic rings. The van der Waals surface area contributed by atoms with Gasteiger partial charge in [0.05, 0.1) is 11.1 Å². The van der Waals surface area contributed by atoms with Crippen LogP contribution in [-0.2, 0) is 11.8 Å². The largest absolute Gasteiger partial charge is 0.327 e. The van der Waals surface area contributed by atoms with Crippen LogP contribution in [-0.4, -0.2) is 33.2 Å². The highest BCUT2D eigenvalue weighted by Gasteiger charge is 2.40. The van der Waals surface area contributed by atoms with Crippen LogP contribution in [0.3, 0.4) is 0 Å². The third-order valence-corrected chi connectivity index (χ3v) is 4.38. The lowest BCUT2D eigenvalue weighted by atomic mass is 10.1. The van der Waals surface area contributed by atoms with Crippen molar-refractivity contribution in [2.45, 2.75) is 13.0 Å². The fraction of sp³-hybridized carbons (Fsp3) is 0.200. The fourth-order valence-electron chi connectivity index (χ4n) is 2.29. The minimum Gasteiger partial charge on any atom is -0.327 e. The molecule has 0 aliphatic carbocycles. The van der Waals surface area contributed by atoms with Gasteiger partial charge in [-0.2, -0.15) is 4.99 Å². The van der Waals surface area contributed by atoms with E-state index in [4.69, 9.17) is 0 Å². The summed E-state index contributed by atoms with van der Waals surface area (Å²) in [5.74, 6) is -1.42. The average molecular weight is 315 g/mol. The van der Waals surface area contributed by atoms with Crippen LogP contribution >= 0.6 is 11.3 Å². The van der Waals surface area contributed by atoms with Crippen LogP contribution in [0.1, 0.15) is 27.6 Å². The smallest absolute Gasteiger partial charge is 0.271 e. The summed E-state index contributed by atoms with van der Waals surface area (Å²) in [4.78, 5) is 42.4. The monoisotopic (exact) mass is 315 g/mol. The number of rotatable bonds is 2. The summed E-state index contributed by atoms with van der Waals surface area (Å²) in [6, 6.07) is 5.62. The topological polar surface area (TPSA) is 71.7 Å². The first kappa shape index (κ1) is 14.4. The molecule has 7 heteroatoms. The predicted octanol–water partition coefficient (Wildman–Crippen LogP) is 1.20. The number of benzene rings is 1. The lowest BCUT2D eigenvalue weighted by Crippen LogP contribution is -2.42. The molecule has 0 saturated heterocycles. The molecule has 6 nitrogen and oxygen atoms in total. The van der Waals surface area contributed by atoms with Crippen molar-refractivity contribution in [3.63, 3.8) is 0 Å². The van der Waals surface area contributed by atoms with Gasteiger partial charge in [0.25, 0.3) is 17.7 Å². The van der Waals surface area contributed by atoms with Crippen molar-refractivity contribution in [1.82, 2.24) is 9.47 Å². The lowest BCUT2D eigenvalue weighted by molar-refractivity contribution is -0.121. The normalized spacial score (nSPS) is 16.1. The van der Waals surface area contributed by atoms with E-state index < -0.39 is 23.8 Å². The number of imide groups is 1. The second-order valence-electron chi connectivity index (χ2n) is 4.95. The van der Waals surface area contributed by atoms with E-state index in [1.165, 1.54) is 18.3 Å². The van der Waals surface area contributed by atoms with Gasteiger partial charge in [-0.25, -0.2) is 0 Å². The van der Waals surface area contributed by atoms with E-state index in [-0.39, 0.29) is 0 Å². The summed E-state index contributed by atoms with van der Waals surface area (Å²) < 4.78 is 1.71. The van der Waals surface area contributed by atoms with Crippen LogP contribution in [0.25, 0.3) is 0 Å². The molecule has 1 aromatic heterocycles. The molecular formula is C15H13N3O3S. The summed E-state index contributed by atoms with van der Waals surface area (Å²) >= 11 is 1.31. The molecule has 0 spiro atoms. The van der Waals surface area contributed by atoms with Crippen molar-refractivity contribution in [3.05, 3.63) is 51.8 Å². The highest BCUT2D eigenvalue weighted by Crippen LogP contribution is 2.24. The minimum atomic E-state index is -0.936. The standard InChI is InChI=1S/C15H13N3O3S/c1-9(12(19)16-15-17(2)7-8-22-15)18-13(20)10-5-3-4-6-11(10)14(18)21/h3-9H,1-2H3/t9-/m0/s1. The van der Waals surface area contributed by atoms with Crippen molar-refractivity contribution in [2.75, 3.05) is 0 Å². The Morgan fingerprint density at radius 2 is 1.77 bits per heavy atom. The first-order valence-corrected chi connectivity index (χ1v) is 7.54. The van der Waals surface area contributed by atoms with Gasteiger partial charge >= 0.3 is 0 Å². The number of aryl methyl sites for hydroxylation is 1. The van der Waals surface area contributed by atoms with E-state index in [2.05, 4.69) is 4.99 Å². The minimum absolute atomic E-state index is 0.328. The van der Waals surface area contributed by atoms with Gasteiger partial charge in [0.2, 0.25) is 0 Å². The van der Waals surface area contributed by atoms with Gasteiger partial charge in [-0.05, 0) is 19.1 Å². The Hall–Kier alpha value is -2.54. The van der Waals surface area contributed by atoms with Crippen molar-refractivity contribution in [2.24, 2.45) is 12.0 Å². The zero-order chi connectivity index (χ0) is 15.9. The Balaban J connectivity index is 1.93. The maximum atomic E-state index is 12.3. The summed E-state index contributed by atoms with van der Waals surface area (Å²) in [6.07, 6.45) is 1.78. The molecule has 0 saturated carbocycles. The van der Waals surface area contributed by atoms with E-state index in [9.17, 15) is 14.4 Å². The van der Waals surface area contributed by atoms with Gasteiger partial charge in [-0.3, -0.25) is 19.3 Å². The maximum absolute atomic E-state index is 12.3. The molecule has 112 valence electrons. The summed E-state index contributed by atoms with van der Waals surface area (Å²) in [5, 5.41) is 1.80. The molecule has 22 heavy (non-hydrogen) atoms. The summed E-state index contributed by atoms with van der Waals surface area (Å²) in [6.45, 7) is 1.52. The Morgan fingerprint density at radius 3 is 2.27 bits per heavy atom. The summed E-state index contributed by atoms with van der Waals surface area (Å²) in [7, 11) is 1.77. The van der Waals surface area contributed by atoms with Gasteiger partial charge in [-0.1, -0.05) is 12.1 Å². The van der Waals surface area contributed by atoms with Crippen LogP contribution in [0.15, 0.2) is 40.8 Å². The first-order valence-electron chi connectivity index (χ1n) is 6.66. The third kappa shape index (κ3) is 2.19. The molecule has 0 radical (unpaired) electrons. The zero-order valence-corrected chi connectivity index (χ0v) is 12.8. The molecule has 2 aromatic rings. The van der Waals surface area contributed by atoms with Crippen molar-refractivity contribution < 1.29 is 14.4 Å². The van der Waals surface area contributed by atoms with Gasteiger partial charge in [0.1, 0.15) is 6.04 Å². The van der Waals surface area contributed by atoms with E-state index >= 15 is 0 Å². The number of carbonyl (C=O) groups is 3. The highest BCUT2D eigenvalue weighted by molar-refractivity contribution is 7.07. The van der Waals surface area contributed by atoms with Crippen LogP contribution in [0, 0.1) is 0 Å². The Kier molecular flexibility index (Phi) is 3.50. The number of amides is 3. The van der Waals surface area contributed by atoms with Gasteiger partial charge < -0.3 is 4.57 Å². The molecule has 0 fully saturated rings. The Morgan fingerprint density at radius 1 is 1.18 bits per heavy atom. The van der Waals surface area contributed by atoms with Gasteiger partial charge in [0, 0.05) is 18.6 Å². The SMILES string of the molecule is C[C@@H](C(=O)N=c1sccn1C)N1C(=O)c2ccccc2C1=O. The third-order valence-electron chi connectivity index (χ3n) is 3.54. The van der Waals surface area contributed by atoms with E-state index in [0.717, 1.165) is 4.90 Å². The molecule has 1 atom stereocenters. The summed E-state index contributed by atoms with van der Waals surface area (Å²) in [5.41, 5.74) is 0.655. The molecule has 2 heterocycles. The lowest BCUT2D eigenvalue weighted by Gasteiger charge is -2.19. The number of thiazole rings is 1. The Labute approximate surface area is 130 Å². The zero-order valence-electron chi connectivity index (χ0n) is 12.0. The van der Waals surface area contributed by atoms with E-state index in [0.29, 0.717) is 15.9 Å². The quantitative estimate of drug-likeness (QED) is 0.782. The molecule has 0 bridgehead atoms. The molecule has 0 N–H and O–H groups in total. The van der Waals surface area contributed by atoms with Gasteiger partial charge in [0.15, 0.2) is 4.80 Å². The number of aromatic nitrogens is 1. The van der Waals surface area contributed by atoms with Crippen molar-refractivity contribution in [3.8, 4) is 0 Å². The fourth-order valence-corrected chi connectivity index (χ4v) is 3.03. The van der Waals surface area contributed by atoms with Crippen LogP contribution in [0.5, 0.6) is 0 Å². The number of fused-ring (bicyclic) bond motifs is 1. The van der Waals surface area contributed by atoms with Crippen molar-refractivity contribution in [1.29, 1.82) is 0 Å². The second kappa shape index (κ2) is 5.34. The van der Waals surface area contributed by atoms with Crippen LogP contribution in [0.4, 0.5) is 0 Å². The first-order chi connectivity index (χ1) is 10.5. The van der Waals surface area contributed by atoms with E-state index in [1.54, 1.807) is 47.5 Å². The molecule has 1 aliphatic heterocycles. The highest BCUT2D eigenvalue weighted by atomic mass is 32.1. The van der Waals surface area contributed by atoms with Crippen molar-refractivity contribution >= 4 is 29.1 Å². The number of hydrogen-bond acceptors (Lipinski definition) is 4. The number of hydrogen-bond donors (Lipinski definition) is 0. The molecule has 0 unspecified atom stereocenters. The van der Waals surface area contributed by atoms with Crippen LogP contribution < -0.4 is 4.80 Å². The second-order valence-corrected chi connectivity index (χ2v) is 5.82. The average Bonchev–Trinajstić information content (AvgIpc) is 3.02. The Bertz CT molecular complexity index is 814. The molecular weight excluding hydrogens is 302 g/mol. The number of nitrogens with zero attached hydrogens (tertiary/aromatic N) is 3. The van der Waals surface area contributed by atoms with E-state index in [1.807, 2.05) is 0 Å². The van der Waals surface area contributed by atoms with Gasteiger partial charge in [-0.15, -0.1) is 11.3 Å². The van der Waals surface area contributed by atoms with Crippen LogP contribution in [0.2, 0.25) is 0 Å².